The Labute approximate surface area is 199 Å². The summed E-state index contributed by atoms with van der Waals surface area (Å²) >= 11 is 0. The molecule has 0 aliphatic rings. The number of hydrogen-bond donors (Lipinski definition) is 0. The largest absolute Gasteiger partial charge is 0.597 e. The molecule has 2 atom stereocenters. The van der Waals surface area contributed by atoms with Crippen molar-refractivity contribution in [2.24, 2.45) is 0 Å². The molecule has 0 aliphatic carbocycles. The zero-order valence-electron chi connectivity index (χ0n) is 19.3. The molecule has 0 N–H and O–H groups in total. The smallest absolute Gasteiger partial charge is 0.135 e. The van der Waals surface area contributed by atoms with Crippen LogP contribution in [0.15, 0.2) is 109 Å². The molecule has 3 nitrogen and oxygen atoms in total. The van der Waals surface area contributed by atoms with Gasteiger partial charge in [-0.15, -0.1) is 8.66 Å². The second-order valence-corrected chi connectivity index (χ2v) is 10.3. The monoisotopic (exact) mass is 461 g/mol. The topological polar surface area (TPSA) is 26.9 Å². The molecule has 4 heteroatoms. The number of rotatable bonds is 4. The van der Waals surface area contributed by atoms with Crippen molar-refractivity contribution in [1.82, 2.24) is 8.66 Å². The van der Waals surface area contributed by atoms with Crippen LogP contribution < -0.4 is 0 Å². The van der Waals surface area contributed by atoms with E-state index in [1.807, 2.05) is 12.1 Å². The maximum absolute atomic E-state index is 14.3. The normalized spacial score (nSPS) is 13.5. The van der Waals surface area contributed by atoms with Crippen LogP contribution in [0.1, 0.15) is 37.1 Å². The van der Waals surface area contributed by atoms with Gasteiger partial charge in [-0.1, -0.05) is 97.1 Å². The van der Waals surface area contributed by atoms with Gasteiger partial charge in [0.25, 0.3) is 0 Å². The molecule has 1 aromatic heterocycles. The van der Waals surface area contributed by atoms with E-state index in [0.717, 1.165) is 11.0 Å². The van der Waals surface area contributed by atoms with Crippen LogP contribution in [0.2, 0.25) is 0 Å². The molecule has 0 bridgehead atoms. The van der Waals surface area contributed by atoms with E-state index in [2.05, 4.69) is 120 Å². The van der Waals surface area contributed by atoms with Crippen LogP contribution in [0.3, 0.4) is 0 Å². The van der Waals surface area contributed by atoms with Gasteiger partial charge in [-0.05, 0) is 63.2 Å². The van der Waals surface area contributed by atoms with Crippen LogP contribution in [0.25, 0.3) is 32.6 Å². The Bertz CT molecular complexity index is 1590. The van der Waals surface area contributed by atoms with Crippen LogP contribution in [-0.2, 0) is 4.57 Å². The Balaban J connectivity index is 1.59. The van der Waals surface area contributed by atoms with Crippen molar-refractivity contribution in [3.05, 3.63) is 120 Å². The fourth-order valence-electron chi connectivity index (χ4n) is 5.35. The van der Waals surface area contributed by atoms with E-state index in [-0.39, 0.29) is 12.1 Å². The van der Waals surface area contributed by atoms with Gasteiger partial charge >= 0.3 is 7.73 Å². The standard InChI is InChI=1S/C30H26N2OP/c1-21(25-17-9-13-23-11-3-5-15-27(23)25)31-29-19-7-8-20-30(29)32(34(31)33)22(2)26-18-10-14-24-12-4-6-16-28(24)26/h3-22H,1-2H3/q+1/t21-,22-/m1/s1. The lowest BCUT2D eigenvalue weighted by atomic mass is 9.99. The summed E-state index contributed by atoms with van der Waals surface area (Å²) in [7, 11) is -1.84. The van der Waals surface area contributed by atoms with Crippen LogP contribution in [0.4, 0.5) is 0 Å². The number of nitrogens with zero attached hydrogens (tertiary/aromatic N) is 2. The van der Waals surface area contributed by atoms with E-state index in [9.17, 15) is 4.57 Å². The van der Waals surface area contributed by atoms with Crippen molar-refractivity contribution < 1.29 is 4.57 Å². The average molecular weight is 462 g/mol. The molecule has 166 valence electrons. The summed E-state index contributed by atoms with van der Waals surface area (Å²) in [5.74, 6) is 0. The first-order chi connectivity index (χ1) is 16.6. The molecule has 6 rings (SSSR count). The predicted molar refractivity (Wildman–Crippen MR) is 143 cm³/mol. The van der Waals surface area contributed by atoms with Crippen LogP contribution in [0.5, 0.6) is 0 Å². The molecule has 0 saturated heterocycles. The molecule has 0 amide bonds. The number of para-hydroxylation sites is 2. The third-order valence-corrected chi connectivity index (χ3v) is 8.89. The lowest BCUT2D eigenvalue weighted by Gasteiger charge is -2.13. The Kier molecular flexibility index (Phi) is 5.08. The molecule has 0 unspecified atom stereocenters. The summed E-state index contributed by atoms with van der Waals surface area (Å²) in [5.41, 5.74) is 4.43. The zero-order chi connectivity index (χ0) is 23.2. The minimum Gasteiger partial charge on any atom is -0.135 e. The SMILES string of the molecule is C[C@H](c1cccc2ccccc12)n1c2ccccc2n([C@H](C)c2cccc3ccccc23)[p+]1=O. The molecule has 6 aromatic rings. The molecule has 34 heavy (non-hydrogen) atoms. The highest BCUT2D eigenvalue weighted by Crippen LogP contribution is 2.40. The van der Waals surface area contributed by atoms with E-state index >= 15 is 0 Å². The van der Waals surface area contributed by atoms with Gasteiger partial charge in [0, 0.05) is 0 Å². The first-order valence-electron chi connectivity index (χ1n) is 11.7. The minimum absolute atomic E-state index is 0.0411. The summed E-state index contributed by atoms with van der Waals surface area (Å²) in [5, 5.41) is 4.82. The van der Waals surface area contributed by atoms with Gasteiger partial charge < -0.3 is 0 Å². The summed E-state index contributed by atoms with van der Waals surface area (Å²) in [4.78, 5) is 0. The molecule has 0 saturated carbocycles. The summed E-state index contributed by atoms with van der Waals surface area (Å²) in [6, 6.07) is 37.9. The van der Waals surface area contributed by atoms with Crippen LogP contribution in [0, 0.1) is 0 Å². The average Bonchev–Trinajstić information content (AvgIpc) is 3.18. The molecule has 1 heterocycles. The third kappa shape index (κ3) is 3.20. The molecular formula is C30H26N2OP+. The number of hydrogen-bond acceptors (Lipinski definition) is 1. The number of aromatic nitrogens is 2. The van der Waals surface area contributed by atoms with Crippen molar-refractivity contribution in [1.29, 1.82) is 0 Å². The van der Waals surface area contributed by atoms with Gasteiger partial charge in [0.15, 0.2) is 0 Å². The quantitative estimate of drug-likeness (QED) is 0.258. The van der Waals surface area contributed by atoms with Crippen molar-refractivity contribution in [3.63, 3.8) is 0 Å². The summed E-state index contributed by atoms with van der Waals surface area (Å²) in [6.07, 6.45) is 0. The first kappa shape index (κ1) is 20.9. The fourth-order valence-corrected chi connectivity index (χ4v) is 7.10. The first-order valence-corrected chi connectivity index (χ1v) is 12.9. The second-order valence-electron chi connectivity index (χ2n) is 8.92. The van der Waals surface area contributed by atoms with Crippen molar-refractivity contribution in [2.45, 2.75) is 25.9 Å². The Hall–Kier alpha value is -3.68. The minimum atomic E-state index is -1.84. The van der Waals surface area contributed by atoms with E-state index in [0.29, 0.717) is 0 Å². The summed E-state index contributed by atoms with van der Waals surface area (Å²) in [6.45, 7) is 4.33. The van der Waals surface area contributed by atoms with Gasteiger partial charge in [0.05, 0.1) is 0 Å². The van der Waals surface area contributed by atoms with Crippen molar-refractivity contribution in [3.8, 4) is 0 Å². The lowest BCUT2D eigenvalue weighted by molar-refractivity contribution is 0.564. The van der Waals surface area contributed by atoms with Gasteiger partial charge in [-0.3, -0.25) is 0 Å². The van der Waals surface area contributed by atoms with Gasteiger partial charge in [-0.2, -0.15) is 0 Å². The van der Waals surface area contributed by atoms with Gasteiger partial charge in [0.1, 0.15) is 23.1 Å². The maximum atomic E-state index is 14.3. The fraction of sp³-hybridized carbons (Fsp3) is 0.133. The molecule has 0 spiro atoms. The third-order valence-electron chi connectivity index (χ3n) is 7.02. The molecule has 0 aliphatic heterocycles. The van der Waals surface area contributed by atoms with E-state index in [1.165, 1.54) is 32.7 Å². The van der Waals surface area contributed by atoms with E-state index < -0.39 is 7.73 Å². The van der Waals surface area contributed by atoms with Gasteiger partial charge in [-0.25, -0.2) is 0 Å². The maximum Gasteiger partial charge on any atom is 0.597 e. The predicted octanol–water partition coefficient (Wildman–Crippen LogP) is 8.71. The van der Waals surface area contributed by atoms with Crippen molar-refractivity contribution in [2.75, 3.05) is 0 Å². The van der Waals surface area contributed by atoms with Crippen LogP contribution in [-0.4, -0.2) is 8.66 Å². The Morgan fingerprint density at radius 1 is 0.529 bits per heavy atom. The molecule has 0 radical (unpaired) electrons. The highest BCUT2D eigenvalue weighted by atomic mass is 31.1. The Morgan fingerprint density at radius 3 is 1.38 bits per heavy atom. The van der Waals surface area contributed by atoms with Gasteiger partial charge in [0.2, 0.25) is 0 Å². The second kappa shape index (κ2) is 8.27. The highest BCUT2D eigenvalue weighted by Gasteiger charge is 2.32. The van der Waals surface area contributed by atoms with Crippen LogP contribution >= 0.6 is 7.73 Å². The highest BCUT2D eigenvalue weighted by molar-refractivity contribution is 7.29. The Morgan fingerprint density at radius 2 is 0.912 bits per heavy atom. The molecule has 5 aromatic carbocycles. The zero-order valence-corrected chi connectivity index (χ0v) is 20.2. The lowest BCUT2D eigenvalue weighted by Crippen LogP contribution is -2.06. The van der Waals surface area contributed by atoms with Crippen molar-refractivity contribution >= 4 is 40.3 Å². The molecular weight excluding hydrogens is 435 g/mol. The van der Waals surface area contributed by atoms with E-state index in [1.54, 1.807) is 0 Å². The summed E-state index contributed by atoms with van der Waals surface area (Å²) < 4.78 is 18.5. The number of benzene rings is 5. The van der Waals surface area contributed by atoms with E-state index in [4.69, 9.17) is 0 Å². The number of fused-ring (bicyclic) bond motifs is 3. The molecule has 0 fully saturated rings.